The van der Waals surface area contributed by atoms with E-state index in [1.807, 2.05) is 30.3 Å². The summed E-state index contributed by atoms with van der Waals surface area (Å²) in [6.07, 6.45) is 2.39. The molecule has 0 bridgehead atoms. The third kappa shape index (κ3) is 5.03. The number of nitrogens with zero attached hydrogens (tertiary/aromatic N) is 2. The Balaban J connectivity index is 1.90. The van der Waals surface area contributed by atoms with Gasteiger partial charge in [0.2, 0.25) is 0 Å². The molecule has 2 aromatic carbocycles. The number of carbonyl (C=O) groups is 1. The number of rotatable bonds is 6. The number of hydrogen-bond acceptors (Lipinski definition) is 3. The summed E-state index contributed by atoms with van der Waals surface area (Å²) in [7, 11) is 0. The number of fused-ring (bicyclic) bond motifs is 1. The molecule has 0 N–H and O–H groups in total. The Morgan fingerprint density at radius 1 is 1.22 bits per heavy atom. The van der Waals surface area contributed by atoms with Crippen LogP contribution in [0.15, 0.2) is 47.5 Å². The molecule has 1 amide bonds. The first-order valence-electron chi connectivity index (χ1n) is 8.92. The topological polar surface area (TPSA) is 34.4 Å². The van der Waals surface area contributed by atoms with Crippen molar-refractivity contribution in [3.63, 3.8) is 0 Å². The summed E-state index contributed by atoms with van der Waals surface area (Å²) < 4.78 is 3.17. The number of carbonyl (C=O) groups excluding carboxylic acids is 1. The Morgan fingerprint density at radius 2 is 1.96 bits per heavy atom. The average Bonchev–Trinajstić information content (AvgIpc) is 2.96. The molecule has 142 valence electrons. The van der Waals surface area contributed by atoms with Gasteiger partial charge in [-0.25, -0.2) is 0 Å². The molecule has 0 aliphatic carbocycles. The summed E-state index contributed by atoms with van der Waals surface area (Å²) in [5.41, 5.74) is 3.35. The van der Waals surface area contributed by atoms with Crippen molar-refractivity contribution in [1.29, 1.82) is 0 Å². The molecule has 3 rings (SSSR count). The molecule has 0 aliphatic rings. The smallest absolute Gasteiger partial charge is 0.252 e. The molecule has 0 saturated carbocycles. The number of aromatic nitrogens is 1. The van der Waals surface area contributed by atoms with Gasteiger partial charge in [0.15, 0.2) is 4.80 Å². The van der Waals surface area contributed by atoms with E-state index in [-0.39, 0.29) is 5.91 Å². The lowest BCUT2D eigenvalue weighted by atomic mass is 10.0. The molecule has 27 heavy (non-hydrogen) atoms. The predicted octanol–water partition coefficient (Wildman–Crippen LogP) is 5.51. The lowest BCUT2D eigenvalue weighted by molar-refractivity contribution is -0.117. The van der Waals surface area contributed by atoms with E-state index in [2.05, 4.69) is 41.8 Å². The van der Waals surface area contributed by atoms with Gasteiger partial charge < -0.3 is 4.57 Å². The highest BCUT2D eigenvalue weighted by molar-refractivity contribution is 7.98. The van der Waals surface area contributed by atoms with Crippen LogP contribution < -0.4 is 4.80 Å². The first-order valence-corrected chi connectivity index (χ1v) is 11.5. The summed E-state index contributed by atoms with van der Waals surface area (Å²) >= 11 is 9.42. The third-order valence-electron chi connectivity index (χ3n) is 4.39. The van der Waals surface area contributed by atoms with Gasteiger partial charge in [-0.1, -0.05) is 61.1 Å². The molecule has 0 aliphatic heterocycles. The molecule has 0 fully saturated rings. The van der Waals surface area contributed by atoms with E-state index in [1.165, 1.54) is 16.9 Å². The normalized spacial score (nSPS) is 12.3. The maximum atomic E-state index is 12.6. The van der Waals surface area contributed by atoms with Gasteiger partial charge in [-0.2, -0.15) is 16.8 Å². The van der Waals surface area contributed by atoms with Crippen molar-refractivity contribution in [2.75, 3.05) is 12.0 Å². The van der Waals surface area contributed by atoms with Gasteiger partial charge in [0.05, 0.1) is 16.6 Å². The zero-order valence-corrected chi connectivity index (χ0v) is 18.1. The van der Waals surface area contributed by atoms with E-state index in [0.29, 0.717) is 17.4 Å². The molecule has 3 aromatic rings. The van der Waals surface area contributed by atoms with E-state index < -0.39 is 0 Å². The summed E-state index contributed by atoms with van der Waals surface area (Å²) in [4.78, 5) is 17.7. The van der Waals surface area contributed by atoms with Gasteiger partial charge >= 0.3 is 0 Å². The predicted molar refractivity (Wildman–Crippen MR) is 118 cm³/mol. The van der Waals surface area contributed by atoms with Crippen LogP contribution in [0.5, 0.6) is 0 Å². The molecule has 0 saturated heterocycles. The third-order valence-corrected chi connectivity index (χ3v) is 6.25. The second-order valence-corrected chi connectivity index (χ2v) is 9.15. The van der Waals surface area contributed by atoms with Crippen LogP contribution in [0.2, 0.25) is 5.02 Å². The maximum absolute atomic E-state index is 12.6. The molecule has 1 aromatic heterocycles. The minimum Gasteiger partial charge on any atom is -0.316 e. The Kier molecular flexibility index (Phi) is 6.79. The average molecular weight is 419 g/mol. The molecule has 0 atom stereocenters. The maximum Gasteiger partial charge on any atom is 0.252 e. The highest BCUT2D eigenvalue weighted by Crippen LogP contribution is 2.22. The van der Waals surface area contributed by atoms with Crippen LogP contribution in [0, 0.1) is 0 Å². The number of hydrogen-bond donors (Lipinski definition) is 0. The first kappa shape index (κ1) is 20.2. The first-order chi connectivity index (χ1) is 13.0. The van der Waals surface area contributed by atoms with Crippen molar-refractivity contribution in [3.05, 3.63) is 63.4 Å². The van der Waals surface area contributed by atoms with E-state index in [0.717, 1.165) is 32.9 Å². The minimum absolute atomic E-state index is 0.122. The molecule has 3 nitrogen and oxygen atoms in total. The highest BCUT2D eigenvalue weighted by Gasteiger charge is 2.09. The second-order valence-electron chi connectivity index (χ2n) is 6.72. The van der Waals surface area contributed by atoms with Crippen LogP contribution >= 0.6 is 34.7 Å². The lowest BCUT2D eigenvalue weighted by Crippen LogP contribution is -2.18. The van der Waals surface area contributed by atoms with E-state index in [1.54, 1.807) is 11.8 Å². The van der Waals surface area contributed by atoms with Gasteiger partial charge in [0.1, 0.15) is 0 Å². The van der Waals surface area contributed by atoms with Crippen LogP contribution in [0.3, 0.4) is 0 Å². The van der Waals surface area contributed by atoms with Crippen molar-refractivity contribution < 1.29 is 4.79 Å². The van der Waals surface area contributed by atoms with Crippen LogP contribution in [-0.2, 0) is 17.8 Å². The summed E-state index contributed by atoms with van der Waals surface area (Å²) in [6.45, 7) is 5.14. The van der Waals surface area contributed by atoms with E-state index in [9.17, 15) is 4.79 Å². The fourth-order valence-electron chi connectivity index (χ4n) is 2.87. The zero-order chi connectivity index (χ0) is 19.4. The molecule has 6 heteroatoms. The molecular formula is C21H23ClN2OS2. The van der Waals surface area contributed by atoms with Gasteiger partial charge in [-0.05, 0) is 41.5 Å². The van der Waals surface area contributed by atoms with Crippen molar-refractivity contribution in [1.82, 2.24) is 4.57 Å². The van der Waals surface area contributed by atoms with Crippen LogP contribution in [0.4, 0.5) is 0 Å². The lowest BCUT2D eigenvalue weighted by Gasteiger charge is -2.06. The standard InChI is InChI=1S/C21H23ClN2OS2/c1-14(2)16-6-4-15(5-7-16)12-20(25)23-21-24(10-11-26-3)18-9-8-17(22)13-19(18)27-21/h4-9,13-14H,10-12H2,1-3H3. The fourth-order valence-corrected chi connectivity index (χ4v) is 4.59. The highest BCUT2D eigenvalue weighted by atomic mass is 35.5. The van der Waals surface area contributed by atoms with Gasteiger partial charge in [0.25, 0.3) is 5.91 Å². The Labute approximate surface area is 173 Å². The van der Waals surface area contributed by atoms with Crippen molar-refractivity contribution in [2.45, 2.75) is 32.7 Å². The number of halogens is 1. The van der Waals surface area contributed by atoms with Crippen LogP contribution in [0.1, 0.15) is 30.9 Å². The number of amides is 1. The van der Waals surface area contributed by atoms with E-state index in [4.69, 9.17) is 11.6 Å². The summed E-state index contributed by atoms with van der Waals surface area (Å²) in [5.74, 6) is 1.33. The molecule has 1 heterocycles. The number of thiazole rings is 1. The SMILES string of the molecule is CSCCn1c(=NC(=O)Cc2ccc(C(C)C)cc2)sc2cc(Cl)ccc21. The minimum atomic E-state index is -0.122. The van der Waals surface area contributed by atoms with Gasteiger partial charge in [0, 0.05) is 17.3 Å². The molecule has 0 radical (unpaired) electrons. The summed E-state index contributed by atoms with van der Waals surface area (Å²) in [6, 6.07) is 14.0. The quantitative estimate of drug-likeness (QED) is 0.528. The Hall–Kier alpha value is -1.56. The Bertz CT molecular complexity index is 1000. The largest absolute Gasteiger partial charge is 0.316 e. The number of thioether (sulfide) groups is 1. The second kappa shape index (κ2) is 9.09. The zero-order valence-electron chi connectivity index (χ0n) is 15.7. The van der Waals surface area contributed by atoms with Crippen LogP contribution in [-0.4, -0.2) is 22.5 Å². The monoisotopic (exact) mass is 418 g/mol. The van der Waals surface area contributed by atoms with Gasteiger partial charge in [-0.3, -0.25) is 4.79 Å². The Morgan fingerprint density at radius 3 is 2.63 bits per heavy atom. The molecular weight excluding hydrogens is 396 g/mol. The van der Waals surface area contributed by atoms with Gasteiger partial charge in [-0.15, -0.1) is 0 Å². The number of benzene rings is 2. The molecule has 0 unspecified atom stereocenters. The van der Waals surface area contributed by atoms with Crippen molar-refractivity contribution in [3.8, 4) is 0 Å². The fraction of sp³-hybridized carbons (Fsp3) is 0.333. The van der Waals surface area contributed by atoms with Crippen molar-refractivity contribution >= 4 is 50.8 Å². The number of aryl methyl sites for hydroxylation is 1. The van der Waals surface area contributed by atoms with Crippen molar-refractivity contribution in [2.24, 2.45) is 4.99 Å². The van der Waals surface area contributed by atoms with Crippen LogP contribution in [0.25, 0.3) is 10.2 Å². The molecule has 0 spiro atoms. The summed E-state index contributed by atoms with van der Waals surface area (Å²) in [5, 5.41) is 0.698. The van der Waals surface area contributed by atoms with E-state index >= 15 is 0 Å².